The summed E-state index contributed by atoms with van der Waals surface area (Å²) in [6.07, 6.45) is -4.60. The van der Waals surface area contributed by atoms with Gasteiger partial charge in [0.05, 0.1) is 11.5 Å². The third-order valence-electron chi connectivity index (χ3n) is 6.52. The van der Waals surface area contributed by atoms with Gasteiger partial charge in [-0.2, -0.15) is 8.42 Å². The van der Waals surface area contributed by atoms with E-state index in [1.807, 2.05) is 37.3 Å². The maximum atomic E-state index is 13.4. The summed E-state index contributed by atoms with van der Waals surface area (Å²) in [7, 11) is -2.85. The minimum absolute atomic E-state index is 0.0140. The van der Waals surface area contributed by atoms with Crippen molar-refractivity contribution < 1.29 is 36.3 Å². The molecule has 3 aromatic carbocycles. The van der Waals surface area contributed by atoms with E-state index in [4.69, 9.17) is 23.1 Å². The van der Waals surface area contributed by atoms with E-state index in [9.17, 15) is 13.2 Å². The molecule has 2 saturated heterocycles. The van der Waals surface area contributed by atoms with Gasteiger partial charge in [0.25, 0.3) is 16.0 Å². The fourth-order valence-electron chi connectivity index (χ4n) is 4.55. The molecule has 38 heavy (non-hydrogen) atoms. The Labute approximate surface area is 221 Å². The number of carbonyl (C=O) groups excluding carboxylic acids is 1. The lowest BCUT2D eigenvalue weighted by atomic mass is 9.95. The Morgan fingerprint density at radius 3 is 2.24 bits per heavy atom. The number of benzene rings is 3. The summed E-state index contributed by atoms with van der Waals surface area (Å²) in [6.45, 7) is 1.96. The second kappa shape index (κ2) is 11.3. The maximum absolute atomic E-state index is 13.4. The number of ether oxygens (including phenoxy) is 4. The molecule has 6 atom stereocenters. The number of methoxy groups -OCH3 is 1. The van der Waals surface area contributed by atoms with Crippen LogP contribution in [-0.4, -0.2) is 58.7 Å². The van der Waals surface area contributed by atoms with E-state index in [-0.39, 0.29) is 11.5 Å². The molecule has 2 heterocycles. The van der Waals surface area contributed by atoms with Crippen molar-refractivity contribution in [1.82, 2.24) is 5.32 Å². The summed E-state index contributed by atoms with van der Waals surface area (Å²) in [5.74, 6) is -0.437. The first kappa shape index (κ1) is 26.5. The molecule has 0 radical (unpaired) electrons. The Hall–Kier alpha value is -3.12. The molecule has 0 bridgehead atoms. The molecule has 200 valence electrons. The number of hydrogen-bond acceptors (Lipinski definition) is 8. The molecule has 0 saturated carbocycles. The first-order valence-electron chi connectivity index (χ1n) is 12.2. The van der Waals surface area contributed by atoms with Gasteiger partial charge in [0.1, 0.15) is 24.4 Å². The molecule has 0 aliphatic carbocycles. The van der Waals surface area contributed by atoms with Crippen LogP contribution in [0.2, 0.25) is 0 Å². The molecule has 10 heteroatoms. The molecule has 2 aliphatic heterocycles. The fraction of sp³-hybridized carbons (Fsp3) is 0.321. The van der Waals surface area contributed by atoms with E-state index in [1.54, 1.807) is 42.5 Å². The summed E-state index contributed by atoms with van der Waals surface area (Å²) in [5.41, 5.74) is 2.05. The highest BCUT2D eigenvalue weighted by Crippen LogP contribution is 2.37. The van der Waals surface area contributed by atoms with E-state index >= 15 is 0 Å². The fourth-order valence-corrected chi connectivity index (χ4v) is 5.65. The zero-order chi connectivity index (χ0) is 26.7. The van der Waals surface area contributed by atoms with Crippen molar-refractivity contribution in [2.45, 2.75) is 48.8 Å². The lowest BCUT2D eigenvalue weighted by Gasteiger charge is -2.48. The predicted octanol–water partition coefficient (Wildman–Crippen LogP) is 3.35. The molecule has 3 aromatic rings. The van der Waals surface area contributed by atoms with E-state index in [0.29, 0.717) is 5.56 Å². The SMILES string of the molecule is CO[C@@H]1O[C@@H]2CO[C@@H](c3ccccc3)O[C@@H]2[C@H](OS(=O)(=O)c2ccc(C)cc2)[C@H]1NC(=O)c1ccccc1. The van der Waals surface area contributed by atoms with Gasteiger partial charge in [0.2, 0.25) is 0 Å². The van der Waals surface area contributed by atoms with Crippen molar-refractivity contribution in [1.29, 1.82) is 0 Å². The van der Waals surface area contributed by atoms with Crippen molar-refractivity contribution in [2.75, 3.05) is 13.7 Å². The molecule has 5 rings (SSSR count). The van der Waals surface area contributed by atoms with Gasteiger partial charge >= 0.3 is 0 Å². The van der Waals surface area contributed by atoms with Gasteiger partial charge in [-0.3, -0.25) is 8.98 Å². The lowest BCUT2D eigenvalue weighted by Crippen LogP contribution is -2.67. The molecule has 1 amide bonds. The highest BCUT2D eigenvalue weighted by atomic mass is 32.2. The van der Waals surface area contributed by atoms with Crippen molar-refractivity contribution in [3.8, 4) is 0 Å². The van der Waals surface area contributed by atoms with E-state index in [1.165, 1.54) is 19.2 Å². The highest BCUT2D eigenvalue weighted by molar-refractivity contribution is 7.86. The van der Waals surface area contributed by atoms with Gasteiger partial charge < -0.3 is 24.3 Å². The Morgan fingerprint density at radius 1 is 0.921 bits per heavy atom. The van der Waals surface area contributed by atoms with Crippen LogP contribution in [0.1, 0.15) is 27.8 Å². The third kappa shape index (κ3) is 5.65. The molecular weight excluding hydrogens is 510 g/mol. The van der Waals surface area contributed by atoms with Crippen LogP contribution in [0.3, 0.4) is 0 Å². The van der Waals surface area contributed by atoms with Crippen LogP contribution in [0.4, 0.5) is 0 Å². The van der Waals surface area contributed by atoms with Crippen molar-refractivity contribution in [2.24, 2.45) is 0 Å². The van der Waals surface area contributed by atoms with Gasteiger partial charge in [-0.15, -0.1) is 0 Å². The van der Waals surface area contributed by atoms with Crippen LogP contribution in [-0.2, 0) is 33.2 Å². The van der Waals surface area contributed by atoms with Crippen LogP contribution in [0, 0.1) is 6.92 Å². The molecule has 0 spiro atoms. The molecular formula is C28H29NO8S. The number of nitrogens with one attached hydrogen (secondary N) is 1. The number of aryl methyl sites for hydroxylation is 1. The maximum Gasteiger partial charge on any atom is 0.297 e. The van der Waals surface area contributed by atoms with Crippen LogP contribution < -0.4 is 5.32 Å². The standard InChI is InChI=1S/C28H29NO8S/c1-18-13-15-21(16-14-18)38(31,32)37-25-23(29-26(30)19-9-5-3-6-10-19)28(33-2)35-22-17-34-27(36-24(22)25)20-11-7-4-8-12-20/h3-16,22-25,27-28H,17H2,1-2H3,(H,29,30)/t22-,23-,24+,25-,27-,28-/m1/s1. The van der Waals surface area contributed by atoms with Gasteiger partial charge in [-0.1, -0.05) is 66.2 Å². The quantitative estimate of drug-likeness (QED) is 0.456. The summed E-state index contributed by atoms with van der Waals surface area (Å²) >= 11 is 0. The average molecular weight is 540 g/mol. The van der Waals surface area contributed by atoms with E-state index < -0.39 is 53.0 Å². The first-order chi connectivity index (χ1) is 18.4. The van der Waals surface area contributed by atoms with Gasteiger partial charge in [0.15, 0.2) is 12.6 Å². The molecule has 9 nitrogen and oxygen atoms in total. The Kier molecular flexibility index (Phi) is 7.89. The minimum Gasteiger partial charge on any atom is -0.354 e. The summed E-state index contributed by atoms with van der Waals surface area (Å²) in [5, 5.41) is 2.86. The smallest absolute Gasteiger partial charge is 0.297 e. The largest absolute Gasteiger partial charge is 0.354 e. The second-order valence-corrected chi connectivity index (χ2v) is 10.7. The van der Waals surface area contributed by atoms with Gasteiger partial charge in [-0.25, -0.2) is 0 Å². The van der Waals surface area contributed by atoms with Crippen LogP contribution in [0.15, 0.2) is 89.8 Å². The molecule has 1 N–H and O–H groups in total. The molecule has 0 aromatic heterocycles. The summed E-state index contributed by atoms with van der Waals surface area (Å²) in [6, 6.07) is 23.1. The second-order valence-electron chi connectivity index (χ2n) is 9.15. The number of fused-ring (bicyclic) bond motifs is 1. The first-order valence-corrected chi connectivity index (χ1v) is 13.6. The Bertz CT molecular complexity index is 1330. The van der Waals surface area contributed by atoms with Crippen LogP contribution in [0.25, 0.3) is 0 Å². The topological polar surface area (TPSA) is 109 Å². The Balaban J connectivity index is 1.50. The molecule has 2 aliphatic rings. The number of hydrogen-bond donors (Lipinski definition) is 1. The number of carbonyl (C=O) groups is 1. The highest BCUT2D eigenvalue weighted by Gasteiger charge is 2.53. The normalized spacial score (nSPS) is 27.3. The average Bonchev–Trinajstić information content (AvgIpc) is 2.95. The van der Waals surface area contributed by atoms with Crippen molar-refractivity contribution in [3.63, 3.8) is 0 Å². The zero-order valence-electron chi connectivity index (χ0n) is 20.9. The minimum atomic E-state index is -4.26. The third-order valence-corrected chi connectivity index (χ3v) is 7.85. The van der Waals surface area contributed by atoms with E-state index in [0.717, 1.165) is 11.1 Å². The summed E-state index contributed by atoms with van der Waals surface area (Å²) in [4.78, 5) is 13.1. The van der Waals surface area contributed by atoms with Crippen LogP contribution >= 0.6 is 0 Å². The molecule has 0 unspecified atom stereocenters. The summed E-state index contributed by atoms with van der Waals surface area (Å²) < 4.78 is 56.5. The van der Waals surface area contributed by atoms with Gasteiger partial charge in [-0.05, 0) is 31.2 Å². The predicted molar refractivity (Wildman–Crippen MR) is 137 cm³/mol. The lowest BCUT2D eigenvalue weighted by molar-refractivity contribution is -0.337. The monoisotopic (exact) mass is 539 g/mol. The van der Waals surface area contributed by atoms with Gasteiger partial charge in [0, 0.05) is 18.2 Å². The van der Waals surface area contributed by atoms with Crippen molar-refractivity contribution in [3.05, 3.63) is 102 Å². The Morgan fingerprint density at radius 2 is 1.58 bits per heavy atom. The van der Waals surface area contributed by atoms with E-state index in [2.05, 4.69) is 5.32 Å². The molecule has 2 fully saturated rings. The van der Waals surface area contributed by atoms with Crippen molar-refractivity contribution >= 4 is 16.0 Å². The number of rotatable bonds is 7. The zero-order valence-corrected chi connectivity index (χ0v) is 21.7. The number of amides is 1. The van der Waals surface area contributed by atoms with Crippen LogP contribution in [0.5, 0.6) is 0 Å².